The van der Waals surface area contributed by atoms with E-state index in [0.29, 0.717) is 16.9 Å². The molecular formula is C16H20N2O2S. The molecule has 0 amide bonds. The molecule has 4 nitrogen and oxygen atoms in total. The Morgan fingerprint density at radius 3 is 2.10 bits per heavy atom. The number of benzene rings is 2. The molecule has 2 aromatic rings. The molecule has 0 spiro atoms. The zero-order valence-electron chi connectivity index (χ0n) is 12.7. The molecule has 0 aliphatic carbocycles. The van der Waals surface area contributed by atoms with Gasteiger partial charge < -0.3 is 5.73 Å². The molecule has 2 aromatic carbocycles. The van der Waals surface area contributed by atoms with Gasteiger partial charge in [0.05, 0.1) is 10.6 Å². The van der Waals surface area contributed by atoms with Crippen molar-refractivity contribution in [3.05, 3.63) is 53.1 Å². The summed E-state index contributed by atoms with van der Waals surface area (Å²) in [5.41, 5.74) is 9.51. The van der Waals surface area contributed by atoms with Crippen LogP contribution in [0.1, 0.15) is 16.7 Å². The number of nitrogens with two attached hydrogens (primary N) is 1. The maximum Gasteiger partial charge on any atom is 0.264 e. The Morgan fingerprint density at radius 2 is 1.52 bits per heavy atom. The van der Waals surface area contributed by atoms with E-state index in [0.717, 1.165) is 11.1 Å². The Hall–Kier alpha value is -2.01. The van der Waals surface area contributed by atoms with Crippen molar-refractivity contribution < 1.29 is 8.42 Å². The molecule has 0 aromatic heterocycles. The molecule has 2 N–H and O–H groups in total. The lowest BCUT2D eigenvalue weighted by Crippen LogP contribution is -2.27. The second-order valence-electron chi connectivity index (χ2n) is 5.29. The van der Waals surface area contributed by atoms with Crippen LogP contribution in [0.3, 0.4) is 0 Å². The minimum absolute atomic E-state index is 0.253. The Bertz CT molecular complexity index is 766. The first-order valence-electron chi connectivity index (χ1n) is 6.66. The van der Waals surface area contributed by atoms with Crippen molar-refractivity contribution in [1.29, 1.82) is 0 Å². The fraction of sp³-hybridized carbons (Fsp3) is 0.250. The van der Waals surface area contributed by atoms with Crippen LogP contribution in [0.4, 0.5) is 11.4 Å². The number of hydrogen-bond donors (Lipinski definition) is 1. The quantitative estimate of drug-likeness (QED) is 0.887. The van der Waals surface area contributed by atoms with Gasteiger partial charge in [-0.2, -0.15) is 0 Å². The summed E-state index contributed by atoms with van der Waals surface area (Å²) >= 11 is 0. The van der Waals surface area contributed by atoms with Crippen LogP contribution in [-0.2, 0) is 10.0 Å². The van der Waals surface area contributed by atoms with Gasteiger partial charge in [0.1, 0.15) is 0 Å². The maximum absolute atomic E-state index is 12.8. The monoisotopic (exact) mass is 304 g/mol. The highest BCUT2D eigenvalue weighted by atomic mass is 32.2. The van der Waals surface area contributed by atoms with Crippen molar-refractivity contribution in [3.8, 4) is 0 Å². The molecule has 0 heterocycles. The summed E-state index contributed by atoms with van der Waals surface area (Å²) in [4.78, 5) is 0.253. The Morgan fingerprint density at radius 1 is 0.952 bits per heavy atom. The first-order chi connectivity index (χ1) is 9.73. The van der Waals surface area contributed by atoms with Gasteiger partial charge >= 0.3 is 0 Å². The van der Waals surface area contributed by atoms with E-state index in [2.05, 4.69) is 0 Å². The van der Waals surface area contributed by atoms with Gasteiger partial charge in [-0.15, -0.1) is 0 Å². The molecule has 0 saturated heterocycles. The molecule has 0 bridgehead atoms. The Labute approximate surface area is 126 Å². The van der Waals surface area contributed by atoms with Crippen molar-refractivity contribution in [1.82, 2.24) is 0 Å². The zero-order chi connectivity index (χ0) is 15.8. The van der Waals surface area contributed by atoms with Crippen LogP contribution in [0.2, 0.25) is 0 Å². The van der Waals surface area contributed by atoms with Gasteiger partial charge in [-0.25, -0.2) is 8.42 Å². The largest absolute Gasteiger partial charge is 0.398 e. The minimum Gasteiger partial charge on any atom is -0.398 e. The SMILES string of the molecule is Cc1ccc(N(C)S(=O)(=O)c2cc(C)cc(N)c2C)cc1. The molecule has 0 atom stereocenters. The normalized spacial score (nSPS) is 11.4. The number of sulfonamides is 1. The van der Waals surface area contributed by atoms with Crippen LogP contribution in [-0.4, -0.2) is 15.5 Å². The molecule has 2 rings (SSSR count). The van der Waals surface area contributed by atoms with Crippen LogP contribution in [0, 0.1) is 20.8 Å². The molecule has 0 aliphatic heterocycles. The number of nitrogen functional groups attached to an aromatic ring is 1. The van der Waals surface area contributed by atoms with Crippen molar-refractivity contribution >= 4 is 21.4 Å². The maximum atomic E-state index is 12.8. The second kappa shape index (κ2) is 5.41. The van der Waals surface area contributed by atoms with Crippen LogP contribution in [0.25, 0.3) is 0 Å². The summed E-state index contributed by atoms with van der Waals surface area (Å²) in [5, 5.41) is 0. The van der Waals surface area contributed by atoms with E-state index >= 15 is 0 Å². The summed E-state index contributed by atoms with van der Waals surface area (Å²) in [5.74, 6) is 0. The van der Waals surface area contributed by atoms with Gasteiger partial charge in [0.25, 0.3) is 10.0 Å². The van der Waals surface area contributed by atoms with Gasteiger partial charge in [0.15, 0.2) is 0 Å². The fourth-order valence-corrected chi connectivity index (χ4v) is 3.70. The first-order valence-corrected chi connectivity index (χ1v) is 8.10. The molecule has 21 heavy (non-hydrogen) atoms. The number of anilines is 2. The van der Waals surface area contributed by atoms with E-state index in [-0.39, 0.29) is 4.90 Å². The van der Waals surface area contributed by atoms with E-state index in [1.165, 1.54) is 4.31 Å². The highest BCUT2D eigenvalue weighted by Gasteiger charge is 2.24. The lowest BCUT2D eigenvalue weighted by atomic mass is 10.1. The van der Waals surface area contributed by atoms with Crippen LogP contribution in [0.15, 0.2) is 41.3 Å². The van der Waals surface area contributed by atoms with E-state index in [4.69, 9.17) is 5.73 Å². The molecule has 0 unspecified atom stereocenters. The smallest absolute Gasteiger partial charge is 0.264 e. The first kappa shape index (κ1) is 15.4. The van der Waals surface area contributed by atoms with Gasteiger partial charge in [-0.05, 0) is 56.2 Å². The summed E-state index contributed by atoms with van der Waals surface area (Å²) in [7, 11) is -2.07. The number of hydrogen-bond acceptors (Lipinski definition) is 3. The summed E-state index contributed by atoms with van der Waals surface area (Å²) < 4.78 is 26.9. The number of nitrogens with zero attached hydrogens (tertiary/aromatic N) is 1. The van der Waals surface area contributed by atoms with Crippen LogP contribution in [0.5, 0.6) is 0 Å². The lowest BCUT2D eigenvalue weighted by molar-refractivity contribution is 0.593. The molecule has 5 heteroatoms. The van der Waals surface area contributed by atoms with Crippen LogP contribution < -0.4 is 10.0 Å². The van der Waals surface area contributed by atoms with E-state index in [1.54, 1.807) is 38.2 Å². The summed E-state index contributed by atoms with van der Waals surface area (Å²) in [6.45, 7) is 5.52. The van der Waals surface area contributed by atoms with E-state index in [1.807, 2.05) is 26.0 Å². The molecule has 0 fully saturated rings. The molecule has 112 valence electrons. The average Bonchev–Trinajstić information content (AvgIpc) is 2.42. The average molecular weight is 304 g/mol. The van der Waals surface area contributed by atoms with Crippen molar-refractivity contribution in [2.45, 2.75) is 25.7 Å². The molecule has 0 aliphatic rings. The topological polar surface area (TPSA) is 63.4 Å². The summed E-state index contributed by atoms with van der Waals surface area (Å²) in [6, 6.07) is 10.8. The van der Waals surface area contributed by atoms with Crippen molar-refractivity contribution in [2.24, 2.45) is 0 Å². The zero-order valence-corrected chi connectivity index (χ0v) is 13.5. The van der Waals surface area contributed by atoms with E-state index in [9.17, 15) is 8.42 Å². The van der Waals surface area contributed by atoms with Crippen molar-refractivity contribution in [2.75, 3.05) is 17.1 Å². The third-order valence-electron chi connectivity index (χ3n) is 3.58. The molecule has 0 radical (unpaired) electrons. The second-order valence-corrected chi connectivity index (χ2v) is 7.22. The van der Waals surface area contributed by atoms with Gasteiger partial charge in [0.2, 0.25) is 0 Å². The predicted molar refractivity (Wildman–Crippen MR) is 87.1 cm³/mol. The van der Waals surface area contributed by atoms with Gasteiger partial charge in [-0.3, -0.25) is 4.31 Å². The highest BCUT2D eigenvalue weighted by Crippen LogP contribution is 2.28. The fourth-order valence-electron chi connectivity index (χ4n) is 2.16. The summed E-state index contributed by atoms with van der Waals surface area (Å²) in [6.07, 6.45) is 0. The highest BCUT2D eigenvalue weighted by molar-refractivity contribution is 7.92. The minimum atomic E-state index is -3.63. The number of aryl methyl sites for hydroxylation is 2. The third-order valence-corrected chi connectivity index (χ3v) is 5.49. The molecule has 0 saturated carbocycles. The van der Waals surface area contributed by atoms with Crippen LogP contribution >= 0.6 is 0 Å². The Kier molecular flexibility index (Phi) is 3.96. The Balaban J connectivity index is 2.54. The lowest BCUT2D eigenvalue weighted by Gasteiger charge is -2.21. The third kappa shape index (κ3) is 2.88. The predicted octanol–water partition coefficient (Wildman–Crippen LogP) is 3.02. The molecular weight excluding hydrogens is 284 g/mol. The van der Waals surface area contributed by atoms with Crippen molar-refractivity contribution in [3.63, 3.8) is 0 Å². The standard InChI is InChI=1S/C16H20N2O2S/c1-11-5-7-14(8-6-11)18(4)21(19,20)16-10-12(2)9-15(17)13(16)3/h5-10H,17H2,1-4H3. The van der Waals surface area contributed by atoms with E-state index < -0.39 is 10.0 Å². The number of rotatable bonds is 3. The van der Waals surface area contributed by atoms with Gasteiger partial charge in [-0.1, -0.05) is 17.7 Å². The van der Waals surface area contributed by atoms with Gasteiger partial charge in [0, 0.05) is 12.7 Å².